The molecule has 6 heteroatoms. The fourth-order valence-corrected chi connectivity index (χ4v) is 3.19. The fourth-order valence-electron chi connectivity index (χ4n) is 3.19. The predicted octanol–water partition coefficient (Wildman–Crippen LogP) is 1.61. The molecule has 1 aliphatic heterocycles. The predicted molar refractivity (Wildman–Crippen MR) is 112 cm³/mol. The standard InChI is InChI=1S/C24H25NO4.ClH/c1-17-3-5-18(6-4-17)15-27-21-9-7-19(11-23(21)26-2)13-25-14-20-8-10-22-24(12-20)29-16-28-22;/h3-12,25H,13-16H2,1-2H3;1H/p-1. The van der Waals surface area contributed by atoms with Crippen molar-refractivity contribution in [3.8, 4) is 23.0 Å². The molecule has 0 unspecified atom stereocenters. The van der Waals surface area contributed by atoms with E-state index < -0.39 is 0 Å². The summed E-state index contributed by atoms with van der Waals surface area (Å²) in [5.41, 5.74) is 4.65. The van der Waals surface area contributed by atoms with E-state index in [-0.39, 0.29) is 12.4 Å². The van der Waals surface area contributed by atoms with Gasteiger partial charge in [-0.2, -0.15) is 0 Å². The third-order valence-electron chi connectivity index (χ3n) is 4.84. The third-order valence-corrected chi connectivity index (χ3v) is 4.84. The van der Waals surface area contributed by atoms with Gasteiger partial charge in [-0.25, -0.2) is 0 Å². The Morgan fingerprint density at radius 3 is 2.23 bits per heavy atom. The molecule has 0 amide bonds. The van der Waals surface area contributed by atoms with Gasteiger partial charge in [0.1, 0.15) is 6.61 Å². The zero-order chi connectivity index (χ0) is 20.1. The van der Waals surface area contributed by atoms with Gasteiger partial charge in [-0.3, -0.25) is 0 Å². The van der Waals surface area contributed by atoms with Gasteiger partial charge in [-0.15, -0.1) is 0 Å². The molecule has 0 saturated carbocycles. The molecule has 0 aromatic heterocycles. The SMILES string of the molecule is COc1cc(CNCc2ccc3c(c2)OCO3)ccc1OCc1ccc(C)cc1.[Cl-]. The second kappa shape index (κ2) is 10.2. The molecule has 1 aliphatic rings. The quantitative estimate of drug-likeness (QED) is 0.593. The maximum atomic E-state index is 5.95. The van der Waals surface area contributed by atoms with Gasteiger partial charge in [0, 0.05) is 13.1 Å². The highest BCUT2D eigenvalue weighted by Gasteiger charge is 2.13. The Bertz CT molecular complexity index is 975. The van der Waals surface area contributed by atoms with Crippen LogP contribution in [0.15, 0.2) is 60.7 Å². The van der Waals surface area contributed by atoms with Crippen LogP contribution in [0.5, 0.6) is 23.0 Å². The van der Waals surface area contributed by atoms with E-state index in [0.717, 1.165) is 52.8 Å². The lowest BCUT2D eigenvalue weighted by Gasteiger charge is -2.13. The number of fused-ring (bicyclic) bond motifs is 1. The second-order valence-corrected chi connectivity index (χ2v) is 7.05. The fraction of sp³-hybridized carbons (Fsp3) is 0.250. The van der Waals surface area contributed by atoms with Crippen molar-refractivity contribution < 1.29 is 31.4 Å². The first-order chi connectivity index (χ1) is 14.2. The van der Waals surface area contributed by atoms with Crippen LogP contribution in [0, 0.1) is 6.92 Å². The summed E-state index contributed by atoms with van der Waals surface area (Å²) in [4.78, 5) is 0. The number of ether oxygens (including phenoxy) is 4. The van der Waals surface area contributed by atoms with E-state index >= 15 is 0 Å². The molecule has 3 aromatic carbocycles. The van der Waals surface area contributed by atoms with Crippen LogP contribution in [0.25, 0.3) is 0 Å². The molecule has 0 spiro atoms. The van der Waals surface area contributed by atoms with E-state index in [0.29, 0.717) is 13.4 Å². The van der Waals surface area contributed by atoms with E-state index in [1.165, 1.54) is 5.56 Å². The number of halogens is 1. The molecule has 3 aromatic rings. The first-order valence-electron chi connectivity index (χ1n) is 9.66. The van der Waals surface area contributed by atoms with Gasteiger partial charge < -0.3 is 36.7 Å². The topological polar surface area (TPSA) is 49.0 Å². The number of methoxy groups -OCH3 is 1. The van der Waals surface area contributed by atoms with Crippen LogP contribution < -0.4 is 36.7 Å². The molecule has 1 N–H and O–H groups in total. The molecule has 0 saturated heterocycles. The van der Waals surface area contributed by atoms with Crippen molar-refractivity contribution in [2.75, 3.05) is 13.9 Å². The molecule has 158 valence electrons. The molecule has 5 nitrogen and oxygen atoms in total. The van der Waals surface area contributed by atoms with E-state index in [1.807, 2.05) is 30.3 Å². The number of nitrogens with one attached hydrogen (secondary N) is 1. The van der Waals surface area contributed by atoms with E-state index in [9.17, 15) is 0 Å². The normalized spacial score (nSPS) is 11.7. The number of benzene rings is 3. The Morgan fingerprint density at radius 1 is 0.800 bits per heavy atom. The second-order valence-electron chi connectivity index (χ2n) is 7.05. The number of hydrogen-bond donors (Lipinski definition) is 1. The zero-order valence-corrected chi connectivity index (χ0v) is 17.9. The Balaban J connectivity index is 0.00000256. The molecule has 1 heterocycles. The maximum absolute atomic E-state index is 5.95. The summed E-state index contributed by atoms with van der Waals surface area (Å²) < 4.78 is 22.3. The first kappa shape index (κ1) is 21.8. The van der Waals surface area contributed by atoms with Crippen LogP contribution in [-0.4, -0.2) is 13.9 Å². The average Bonchev–Trinajstić information content (AvgIpc) is 3.22. The highest BCUT2D eigenvalue weighted by atomic mass is 35.5. The molecule has 0 bridgehead atoms. The van der Waals surface area contributed by atoms with Gasteiger partial charge >= 0.3 is 0 Å². The van der Waals surface area contributed by atoms with Crippen LogP contribution in [-0.2, 0) is 19.7 Å². The van der Waals surface area contributed by atoms with Crippen LogP contribution >= 0.6 is 0 Å². The summed E-state index contributed by atoms with van der Waals surface area (Å²) in [5.74, 6) is 3.09. The van der Waals surface area contributed by atoms with Crippen LogP contribution in [0.1, 0.15) is 22.3 Å². The molecule has 30 heavy (non-hydrogen) atoms. The van der Waals surface area contributed by atoms with Crippen molar-refractivity contribution >= 4 is 0 Å². The Morgan fingerprint density at radius 2 is 1.47 bits per heavy atom. The number of rotatable bonds is 8. The highest BCUT2D eigenvalue weighted by Crippen LogP contribution is 2.32. The molecular formula is C24H25ClNO4-. The minimum atomic E-state index is 0. The van der Waals surface area contributed by atoms with Crippen molar-refractivity contribution in [1.29, 1.82) is 0 Å². The monoisotopic (exact) mass is 426 g/mol. The average molecular weight is 427 g/mol. The minimum Gasteiger partial charge on any atom is -1.00 e. The summed E-state index contributed by atoms with van der Waals surface area (Å²) in [6.07, 6.45) is 0. The molecular weight excluding hydrogens is 402 g/mol. The van der Waals surface area contributed by atoms with E-state index in [2.05, 4.69) is 42.6 Å². The van der Waals surface area contributed by atoms with Gasteiger partial charge in [-0.1, -0.05) is 42.0 Å². The van der Waals surface area contributed by atoms with Crippen molar-refractivity contribution in [3.63, 3.8) is 0 Å². The van der Waals surface area contributed by atoms with Crippen molar-refractivity contribution in [1.82, 2.24) is 5.32 Å². The summed E-state index contributed by atoms with van der Waals surface area (Å²) >= 11 is 0. The lowest BCUT2D eigenvalue weighted by atomic mass is 10.1. The zero-order valence-electron chi connectivity index (χ0n) is 17.1. The summed E-state index contributed by atoms with van der Waals surface area (Å²) in [6.45, 7) is 4.35. The van der Waals surface area contributed by atoms with Gasteiger partial charge in [0.15, 0.2) is 23.0 Å². The maximum Gasteiger partial charge on any atom is 0.231 e. The lowest BCUT2D eigenvalue weighted by Crippen LogP contribution is -3.00. The molecule has 4 rings (SSSR count). The van der Waals surface area contributed by atoms with Gasteiger partial charge in [0.25, 0.3) is 0 Å². The highest BCUT2D eigenvalue weighted by molar-refractivity contribution is 5.45. The molecule has 0 aliphatic carbocycles. The van der Waals surface area contributed by atoms with Gasteiger partial charge in [-0.05, 0) is 47.9 Å². The van der Waals surface area contributed by atoms with Gasteiger partial charge in [0.2, 0.25) is 6.79 Å². The van der Waals surface area contributed by atoms with Crippen LogP contribution in [0.4, 0.5) is 0 Å². The smallest absolute Gasteiger partial charge is 0.231 e. The Hall–Kier alpha value is -2.89. The Labute approximate surface area is 183 Å². The molecule has 0 fully saturated rings. The van der Waals surface area contributed by atoms with E-state index in [4.69, 9.17) is 18.9 Å². The Kier molecular flexibility index (Phi) is 7.44. The number of aryl methyl sites for hydroxylation is 1. The van der Waals surface area contributed by atoms with Crippen LogP contribution in [0.2, 0.25) is 0 Å². The number of hydrogen-bond acceptors (Lipinski definition) is 5. The largest absolute Gasteiger partial charge is 1.00 e. The third kappa shape index (κ3) is 5.38. The summed E-state index contributed by atoms with van der Waals surface area (Å²) in [5, 5.41) is 3.45. The van der Waals surface area contributed by atoms with Gasteiger partial charge in [0.05, 0.1) is 7.11 Å². The molecule has 0 atom stereocenters. The van der Waals surface area contributed by atoms with Crippen molar-refractivity contribution in [3.05, 3.63) is 82.9 Å². The summed E-state index contributed by atoms with van der Waals surface area (Å²) in [7, 11) is 1.66. The lowest BCUT2D eigenvalue weighted by molar-refractivity contribution is -0.00000804. The van der Waals surface area contributed by atoms with E-state index in [1.54, 1.807) is 7.11 Å². The van der Waals surface area contributed by atoms with Crippen molar-refractivity contribution in [2.24, 2.45) is 0 Å². The summed E-state index contributed by atoms with van der Waals surface area (Å²) in [6, 6.07) is 20.4. The van der Waals surface area contributed by atoms with Crippen LogP contribution in [0.3, 0.4) is 0 Å². The molecule has 0 radical (unpaired) electrons. The minimum absolute atomic E-state index is 0. The van der Waals surface area contributed by atoms with Crippen molar-refractivity contribution in [2.45, 2.75) is 26.6 Å². The first-order valence-corrected chi connectivity index (χ1v) is 9.66.